The summed E-state index contributed by atoms with van der Waals surface area (Å²) in [6.45, 7) is 22.1. The van der Waals surface area contributed by atoms with E-state index in [9.17, 15) is 0 Å². The highest BCUT2D eigenvalue weighted by Gasteiger charge is 2.21. The summed E-state index contributed by atoms with van der Waals surface area (Å²) in [6.07, 6.45) is 10.1. The fraction of sp³-hybridized carbons (Fsp3) is 0.810. The fourth-order valence-electron chi connectivity index (χ4n) is 3.32. The quantitative estimate of drug-likeness (QED) is 0.332. The Morgan fingerprint density at radius 2 is 1.57 bits per heavy atom. The lowest BCUT2D eigenvalue weighted by Crippen LogP contribution is -2.18. The standard InChI is InChI=1S/C21H40/c1-9-12-21(15-20(10-2)11-3)18(7)14-13-17(6)19(8)16(4)5/h10,17-21H,2,4,9,11-15H2,1,3,5-8H3. The van der Waals surface area contributed by atoms with E-state index in [-0.39, 0.29) is 0 Å². The van der Waals surface area contributed by atoms with Crippen LogP contribution in [0.15, 0.2) is 24.8 Å². The molecule has 124 valence electrons. The average Bonchev–Trinajstić information content (AvgIpc) is 2.47. The zero-order valence-corrected chi connectivity index (χ0v) is 15.6. The van der Waals surface area contributed by atoms with E-state index < -0.39 is 0 Å². The Bertz CT molecular complexity index is 288. The molecule has 0 heteroatoms. The van der Waals surface area contributed by atoms with Gasteiger partial charge in [0.15, 0.2) is 0 Å². The van der Waals surface area contributed by atoms with Crippen LogP contribution in [0.25, 0.3) is 0 Å². The van der Waals surface area contributed by atoms with Crippen LogP contribution >= 0.6 is 0 Å². The number of hydrogen-bond donors (Lipinski definition) is 0. The summed E-state index contributed by atoms with van der Waals surface area (Å²) in [5.74, 6) is 3.81. The molecular weight excluding hydrogens is 252 g/mol. The van der Waals surface area contributed by atoms with Crippen molar-refractivity contribution in [1.82, 2.24) is 0 Å². The molecule has 0 spiro atoms. The predicted molar refractivity (Wildman–Crippen MR) is 98.5 cm³/mol. The van der Waals surface area contributed by atoms with Gasteiger partial charge >= 0.3 is 0 Å². The molecule has 0 bridgehead atoms. The molecule has 0 aromatic carbocycles. The molecule has 0 aliphatic rings. The van der Waals surface area contributed by atoms with Crippen molar-refractivity contribution in [2.45, 2.75) is 80.1 Å². The average molecular weight is 293 g/mol. The van der Waals surface area contributed by atoms with Gasteiger partial charge in [0.25, 0.3) is 0 Å². The molecule has 0 aromatic rings. The second kappa shape index (κ2) is 11.1. The Morgan fingerprint density at radius 3 is 2.00 bits per heavy atom. The summed E-state index contributed by atoms with van der Waals surface area (Å²) in [6, 6.07) is 0. The lowest BCUT2D eigenvalue weighted by Gasteiger charge is -2.28. The van der Waals surface area contributed by atoms with Gasteiger partial charge in [-0.05, 0) is 55.8 Å². The highest BCUT2D eigenvalue weighted by Crippen LogP contribution is 2.32. The van der Waals surface area contributed by atoms with Crippen LogP contribution in [0, 0.1) is 29.6 Å². The molecule has 0 aliphatic carbocycles. The number of rotatable bonds is 12. The number of hydrogen-bond acceptors (Lipinski definition) is 0. The molecule has 0 fully saturated rings. The van der Waals surface area contributed by atoms with E-state index in [2.05, 4.69) is 60.8 Å². The molecule has 0 heterocycles. The van der Waals surface area contributed by atoms with Crippen LogP contribution in [0.4, 0.5) is 0 Å². The summed E-state index contributed by atoms with van der Waals surface area (Å²) >= 11 is 0. The first-order chi connectivity index (χ1) is 9.87. The van der Waals surface area contributed by atoms with Crippen molar-refractivity contribution in [1.29, 1.82) is 0 Å². The van der Waals surface area contributed by atoms with Crippen LogP contribution < -0.4 is 0 Å². The minimum Gasteiger partial charge on any atom is -0.103 e. The summed E-state index contributed by atoms with van der Waals surface area (Å²) in [5, 5.41) is 0. The monoisotopic (exact) mass is 292 g/mol. The van der Waals surface area contributed by atoms with E-state index in [1.807, 2.05) is 0 Å². The third-order valence-corrected chi connectivity index (χ3v) is 5.64. The van der Waals surface area contributed by atoms with E-state index in [1.165, 1.54) is 44.1 Å². The molecule has 0 aromatic heterocycles. The third kappa shape index (κ3) is 7.88. The number of allylic oxidation sites excluding steroid dienone is 2. The Balaban J connectivity index is 4.43. The molecule has 0 saturated carbocycles. The van der Waals surface area contributed by atoms with E-state index in [0.29, 0.717) is 11.8 Å². The van der Waals surface area contributed by atoms with E-state index in [4.69, 9.17) is 0 Å². The molecule has 0 rings (SSSR count). The van der Waals surface area contributed by atoms with Crippen LogP contribution in [0.1, 0.15) is 80.1 Å². The van der Waals surface area contributed by atoms with Crippen LogP contribution in [0.5, 0.6) is 0 Å². The van der Waals surface area contributed by atoms with Crippen molar-refractivity contribution >= 4 is 0 Å². The first kappa shape index (κ1) is 20.5. The molecule has 0 radical (unpaired) electrons. The van der Waals surface area contributed by atoms with Crippen molar-refractivity contribution in [3.05, 3.63) is 24.8 Å². The lowest BCUT2D eigenvalue weighted by molar-refractivity contribution is 0.246. The van der Waals surface area contributed by atoms with Gasteiger partial charge < -0.3 is 0 Å². The molecule has 0 amide bonds. The molecule has 5 unspecified atom stereocenters. The summed E-state index contributed by atoms with van der Waals surface area (Å²) in [7, 11) is 0. The largest absolute Gasteiger partial charge is 0.103 e. The van der Waals surface area contributed by atoms with Crippen LogP contribution in [-0.2, 0) is 0 Å². The molecule has 0 saturated heterocycles. The topological polar surface area (TPSA) is 0 Å². The van der Waals surface area contributed by atoms with Crippen LogP contribution in [0.2, 0.25) is 0 Å². The van der Waals surface area contributed by atoms with Gasteiger partial charge in [-0.15, -0.1) is 6.58 Å². The minimum absolute atomic E-state index is 0.651. The predicted octanol–water partition coefficient (Wildman–Crippen LogP) is 7.27. The maximum atomic E-state index is 4.12. The van der Waals surface area contributed by atoms with Gasteiger partial charge in [-0.2, -0.15) is 0 Å². The fourth-order valence-corrected chi connectivity index (χ4v) is 3.32. The minimum atomic E-state index is 0.651. The molecule has 0 N–H and O–H groups in total. The second-order valence-electron chi connectivity index (χ2n) is 7.36. The van der Waals surface area contributed by atoms with Crippen LogP contribution in [0.3, 0.4) is 0 Å². The van der Waals surface area contributed by atoms with E-state index >= 15 is 0 Å². The Morgan fingerprint density at radius 1 is 1.00 bits per heavy atom. The zero-order valence-electron chi connectivity index (χ0n) is 15.6. The normalized spacial score (nSPS) is 18.6. The first-order valence-electron chi connectivity index (χ1n) is 9.15. The van der Waals surface area contributed by atoms with Crippen LogP contribution in [-0.4, -0.2) is 0 Å². The molecule has 0 aliphatic heterocycles. The summed E-state index contributed by atoms with van der Waals surface area (Å²) in [4.78, 5) is 0. The first-order valence-corrected chi connectivity index (χ1v) is 9.15. The zero-order chi connectivity index (χ0) is 16.4. The van der Waals surface area contributed by atoms with Gasteiger partial charge in [0, 0.05) is 0 Å². The molecular formula is C21H40. The summed E-state index contributed by atoms with van der Waals surface area (Å²) in [5.41, 5.74) is 1.33. The maximum absolute atomic E-state index is 4.12. The Kier molecular flexibility index (Phi) is 10.8. The van der Waals surface area contributed by atoms with Gasteiger partial charge in [0.2, 0.25) is 0 Å². The van der Waals surface area contributed by atoms with Gasteiger partial charge in [-0.1, -0.05) is 72.1 Å². The van der Waals surface area contributed by atoms with Crippen molar-refractivity contribution in [2.24, 2.45) is 29.6 Å². The van der Waals surface area contributed by atoms with Crippen molar-refractivity contribution < 1.29 is 0 Å². The van der Waals surface area contributed by atoms with Gasteiger partial charge in [-0.3, -0.25) is 0 Å². The van der Waals surface area contributed by atoms with E-state index in [0.717, 1.165) is 17.8 Å². The summed E-state index contributed by atoms with van der Waals surface area (Å²) < 4.78 is 0. The maximum Gasteiger partial charge on any atom is -0.0211 e. The van der Waals surface area contributed by atoms with Crippen molar-refractivity contribution in [3.8, 4) is 0 Å². The third-order valence-electron chi connectivity index (χ3n) is 5.64. The molecule has 21 heavy (non-hydrogen) atoms. The second-order valence-corrected chi connectivity index (χ2v) is 7.36. The smallest absolute Gasteiger partial charge is 0.0211 e. The highest BCUT2D eigenvalue weighted by atomic mass is 14.3. The molecule has 5 atom stereocenters. The SMILES string of the molecule is C=CC(CC)CC(CCC)C(C)CCC(C)C(C)C(=C)C. The Hall–Kier alpha value is -0.520. The van der Waals surface area contributed by atoms with Gasteiger partial charge in [-0.25, -0.2) is 0 Å². The van der Waals surface area contributed by atoms with Crippen molar-refractivity contribution in [3.63, 3.8) is 0 Å². The van der Waals surface area contributed by atoms with Gasteiger partial charge in [0.1, 0.15) is 0 Å². The van der Waals surface area contributed by atoms with Gasteiger partial charge in [0.05, 0.1) is 0 Å². The van der Waals surface area contributed by atoms with E-state index in [1.54, 1.807) is 0 Å². The Labute approximate surface area is 135 Å². The lowest BCUT2D eigenvalue weighted by atomic mass is 9.77. The van der Waals surface area contributed by atoms with Crippen molar-refractivity contribution in [2.75, 3.05) is 0 Å². The highest BCUT2D eigenvalue weighted by molar-refractivity contribution is 4.96. The molecule has 0 nitrogen and oxygen atoms in total.